The standard InChI is InChI=1S/C15H22O3/c1-5-6-15(18-4)13(16)10-12-9-11(2)7-8-14(12)17-3/h7-9,15H,5-6,10H2,1-4H3. The summed E-state index contributed by atoms with van der Waals surface area (Å²) in [6.45, 7) is 4.06. The highest BCUT2D eigenvalue weighted by molar-refractivity contribution is 5.85. The van der Waals surface area contributed by atoms with E-state index in [0.29, 0.717) is 6.42 Å². The monoisotopic (exact) mass is 250 g/mol. The van der Waals surface area contributed by atoms with Gasteiger partial charge < -0.3 is 9.47 Å². The van der Waals surface area contributed by atoms with Crippen LogP contribution >= 0.6 is 0 Å². The van der Waals surface area contributed by atoms with E-state index in [0.717, 1.165) is 29.7 Å². The predicted octanol–water partition coefficient (Wildman–Crippen LogP) is 2.93. The van der Waals surface area contributed by atoms with E-state index in [1.54, 1.807) is 14.2 Å². The van der Waals surface area contributed by atoms with Crippen LogP contribution in [0.5, 0.6) is 5.75 Å². The topological polar surface area (TPSA) is 35.5 Å². The van der Waals surface area contributed by atoms with Crippen molar-refractivity contribution < 1.29 is 14.3 Å². The van der Waals surface area contributed by atoms with Crippen molar-refractivity contribution in [2.24, 2.45) is 0 Å². The molecular weight excluding hydrogens is 228 g/mol. The van der Waals surface area contributed by atoms with Crippen molar-refractivity contribution in [2.45, 2.75) is 39.2 Å². The minimum absolute atomic E-state index is 0.114. The highest BCUT2D eigenvalue weighted by atomic mass is 16.5. The highest BCUT2D eigenvalue weighted by Gasteiger charge is 2.18. The molecule has 0 saturated heterocycles. The quantitative estimate of drug-likeness (QED) is 0.746. The van der Waals surface area contributed by atoms with E-state index in [2.05, 4.69) is 0 Å². The van der Waals surface area contributed by atoms with Crippen LogP contribution in [0.15, 0.2) is 18.2 Å². The van der Waals surface area contributed by atoms with Gasteiger partial charge in [-0.25, -0.2) is 0 Å². The Labute approximate surface area is 109 Å². The van der Waals surface area contributed by atoms with Gasteiger partial charge in [0, 0.05) is 19.1 Å². The van der Waals surface area contributed by atoms with Crippen LogP contribution < -0.4 is 4.74 Å². The molecule has 100 valence electrons. The molecule has 0 aliphatic rings. The van der Waals surface area contributed by atoms with E-state index in [4.69, 9.17) is 9.47 Å². The average Bonchev–Trinajstić information content (AvgIpc) is 2.36. The average molecular weight is 250 g/mol. The fourth-order valence-electron chi connectivity index (χ4n) is 2.02. The second-order valence-electron chi connectivity index (χ2n) is 4.47. The van der Waals surface area contributed by atoms with Crippen molar-refractivity contribution in [3.05, 3.63) is 29.3 Å². The van der Waals surface area contributed by atoms with Crippen molar-refractivity contribution in [3.63, 3.8) is 0 Å². The zero-order valence-corrected chi connectivity index (χ0v) is 11.7. The molecule has 0 heterocycles. The predicted molar refractivity (Wildman–Crippen MR) is 72.1 cm³/mol. The highest BCUT2D eigenvalue weighted by Crippen LogP contribution is 2.21. The Bertz CT molecular complexity index is 399. The molecule has 3 heteroatoms. The lowest BCUT2D eigenvalue weighted by Crippen LogP contribution is -2.24. The number of hydrogen-bond donors (Lipinski definition) is 0. The molecule has 0 N–H and O–H groups in total. The van der Waals surface area contributed by atoms with Crippen LogP contribution in [0, 0.1) is 6.92 Å². The third-order valence-electron chi connectivity index (χ3n) is 3.00. The second kappa shape index (κ2) is 7.17. The summed E-state index contributed by atoms with van der Waals surface area (Å²) in [5.74, 6) is 0.878. The minimum atomic E-state index is -0.305. The first-order valence-corrected chi connectivity index (χ1v) is 6.31. The van der Waals surface area contributed by atoms with E-state index in [9.17, 15) is 4.79 Å². The first kappa shape index (κ1) is 14.7. The number of Topliss-reactive ketones (excluding diaryl/α,β-unsaturated/α-hetero) is 1. The molecule has 0 radical (unpaired) electrons. The number of aryl methyl sites for hydroxylation is 1. The molecular formula is C15H22O3. The minimum Gasteiger partial charge on any atom is -0.496 e. The van der Waals surface area contributed by atoms with E-state index in [-0.39, 0.29) is 11.9 Å². The molecule has 3 nitrogen and oxygen atoms in total. The summed E-state index contributed by atoms with van der Waals surface area (Å²) in [5.41, 5.74) is 2.06. The molecule has 0 aromatic heterocycles. The number of rotatable bonds is 7. The summed E-state index contributed by atoms with van der Waals surface area (Å²) in [6, 6.07) is 5.88. The van der Waals surface area contributed by atoms with Crippen LogP contribution in [0.4, 0.5) is 0 Å². The summed E-state index contributed by atoms with van der Waals surface area (Å²) < 4.78 is 10.5. The summed E-state index contributed by atoms with van der Waals surface area (Å²) in [7, 11) is 3.21. The van der Waals surface area contributed by atoms with Crippen molar-refractivity contribution in [2.75, 3.05) is 14.2 Å². The maximum Gasteiger partial charge on any atom is 0.166 e. The molecule has 1 atom stereocenters. The number of carbonyl (C=O) groups is 1. The van der Waals surface area contributed by atoms with Gasteiger partial charge in [-0.3, -0.25) is 4.79 Å². The van der Waals surface area contributed by atoms with Crippen LogP contribution in [0.3, 0.4) is 0 Å². The van der Waals surface area contributed by atoms with Gasteiger partial charge in [0.15, 0.2) is 5.78 Å². The smallest absolute Gasteiger partial charge is 0.166 e. The van der Waals surface area contributed by atoms with Gasteiger partial charge in [-0.05, 0) is 19.4 Å². The van der Waals surface area contributed by atoms with Crippen LogP contribution in [0.1, 0.15) is 30.9 Å². The zero-order valence-electron chi connectivity index (χ0n) is 11.7. The van der Waals surface area contributed by atoms with Crippen molar-refractivity contribution >= 4 is 5.78 Å². The van der Waals surface area contributed by atoms with Gasteiger partial charge in [-0.2, -0.15) is 0 Å². The molecule has 1 unspecified atom stereocenters. The van der Waals surface area contributed by atoms with Gasteiger partial charge in [-0.15, -0.1) is 0 Å². The van der Waals surface area contributed by atoms with Gasteiger partial charge in [-0.1, -0.05) is 31.0 Å². The van der Waals surface area contributed by atoms with Crippen molar-refractivity contribution in [3.8, 4) is 5.75 Å². The van der Waals surface area contributed by atoms with Gasteiger partial charge in [0.2, 0.25) is 0 Å². The van der Waals surface area contributed by atoms with E-state index in [1.165, 1.54) is 0 Å². The third-order valence-corrected chi connectivity index (χ3v) is 3.00. The molecule has 0 amide bonds. The second-order valence-corrected chi connectivity index (χ2v) is 4.47. The Hall–Kier alpha value is -1.35. The van der Waals surface area contributed by atoms with Gasteiger partial charge in [0.25, 0.3) is 0 Å². The van der Waals surface area contributed by atoms with Crippen LogP contribution in [-0.2, 0) is 16.0 Å². The van der Waals surface area contributed by atoms with E-state index < -0.39 is 0 Å². The van der Waals surface area contributed by atoms with Gasteiger partial charge >= 0.3 is 0 Å². The number of ether oxygens (including phenoxy) is 2. The lowest BCUT2D eigenvalue weighted by Gasteiger charge is -2.14. The fraction of sp³-hybridized carbons (Fsp3) is 0.533. The molecule has 0 aliphatic carbocycles. The van der Waals surface area contributed by atoms with E-state index in [1.807, 2.05) is 32.0 Å². The molecule has 0 bridgehead atoms. The number of benzene rings is 1. The largest absolute Gasteiger partial charge is 0.496 e. The lowest BCUT2D eigenvalue weighted by molar-refractivity contribution is -0.128. The summed E-state index contributed by atoms with van der Waals surface area (Å²) in [6.07, 6.45) is 1.77. The Morgan fingerprint density at radius 1 is 1.33 bits per heavy atom. The third kappa shape index (κ3) is 3.84. The molecule has 0 aliphatic heterocycles. The molecule has 1 rings (SSSR count). The van der Waals surface area contributed by atoms with Crippen LogP contribution in [-0.4, -0.2) is 26.1 Å². The zero-order chi connectivity index (χ0) is 13.5. The van der Waals surface area contributed by atoms with Gasteiger partial charge in [0.05, 0.1) is 7.11 Å². The number of hydrogen-bond acceptors (Lipinski definition) is 3. The first-order chi connectivity index (χ1) is 8.62. The number of methoxy groups -OCH3 is 2. The molecule has 1 aromatic rings. The number of ketones is 1. The van der Waals surface area contributed by atoms with Crippen molar-refractivity contribution in [1.29, 1.82) is 0 Å². The maximum absolute atomic E-state index is 12.1. The fourth-order valence-corrected chi connectivity index (χ4v) is 2.02. The molecule has 18 heavy (non-hydrogen) atoms. The summed E-state index contributed by atoms with van der Waals surface area (Å²) in [5, 5.41) is 0. The van der Waals surface area contributed by atoms with E-state index >= 15 is 0 Å². The maximum atomic E-state index is 12.1. The van der Waals surface area contributed by atoms with Crippen LogP contribution in [0.2, 0.25) is 0 Å². The number of carbonyl (C=O) groups excluding carboxylic acids is 1. The van der Waals surface area contributed by atoms with Crippen molar-refractivity contribution in [1.82, 2.24) is 0 Å². The Morgan fingerprint density at radius 2 is 2.06 bits per heavy atom. The Balaban J connectivity index is 2.82. The van der Waals surface area contributed by atoms with Gasteiger partial charge in [0.1, 0.15) is 11.9 Å². The Kier molecular flexibility index (Phi) is 5.86. The molecule has 0 saturated carbocycles. The SMILES string of the molecule is CCCC(OC)C(=O)Cc1cc(C)ccc1OC. The Morgan fingerprint density at radius 3 is 2.61 bits per heavy atom. The lowest BCUT2D eigenvalue weighted by atomic mass is 10.0. The first-order valence-electron chi connectivity index (χ1n) is 6.31. The molecule has 0 spiro atoms. The van der Waals surface area contributed by atoms with Crippen LogP contribution in [0.25, 0.3) is 0 Å². The molecule has 1 aromatic carbocycles. The normalized spacial score (nSPS) is 12.2. The summed E-state index contributed by atoms with van der Waals surface area (Å²) >= 11 is 0. The molecule has 0 fully saturated rings. The summed E-state index contributed by atoms with van der Waals surface area (Å²) in [4.78, 5) is 12.1.